The van der Waals surface area contributed by atoms with Gasteiger partial charge in [0.25, 0.3) is 0 Å². The molecule has 1 atom stereocenters. The molecule has 90 valence electrons. The van der Waals surface area contributed by atoms with E-state index in [1.54, 1.807) is 6.20 Å². The Morgan fingerprint density at radius 2 is 2.31 bits per heavy atom. The average Bonchev–Trinajstić information content (AvgIpc) is 2.48. The predicted octanol–water partition coefficient (Wildman–Crippen LogP) is 1.28. The summed E-state index contributed by atoms with van der Waals surface area (Å²) in [4.78, 5) is 4.26. The topological polar surface area (TPSA) is 47.3 Å². The summed E-state index contributed by atoms with van der Waals surface area (Å²) in [6.07, 6.45) is 5.62. The molecular formula is C12H20N2O2. The van der Waals surface area contributed by atoms with Gasteiger partial charge >= 0.3 is 0 Å². The Morgan fingerprint density at radius 1 is 1.56 bits per heavy atom. The van der Waals surface area contributed by atoms with E-state index in [-0.39, 0.29) is 5.60 Å². The minimum absolute atomic E-state index is 0.238. The van der Waals surface area contributed by atoms with Crippen LogP contribution in [0.4, 0.5) is 0 Å². The summed E-state index contributed by atoms with van der Waals surface area (Å²) < 4.78 is 7.58. The molecule has 1 N–H and O–H groups in total. The Labute approximate surface area is 96.3 Å². The molecule has 1 aromatic rings. The lowest BCUT2D eigenvalue weighted by Gasteiger charge is -2.41. The fourth-order valence-electron chi connectivity index (χ4n) is 2.46. The SMILES string of the molecule is Cn1ccnc1CC1(O)CCOC(C)(C)C1. The van der Waals surface area contributed by atoms with Gasteiger partial charge in [0, 0.05) is 38.7 Å². The van der Waals surface area contributed by atoms with Crippen molar-refractivity contribution in [3.05, 3.63) is 18.2 Å². The third kappa shape index (κ3) is 2.44. The van der Waals surface area contributed by atoms with Crippen LogP contribution in [0.5, 0.6) is 0 Å². The van der Waals surface area contributed by atoms with Crippen molar-refractivity contribution in [3.63, 3.8) is 0 Å². The molecule has 4 heteroatoms. The zero-order valence-corrected chi connectivity index (χ0v) is 10.2. The molecule has 0 amide bonds. The molecule has 2 heterocycles. The van der Waals surface area contributed by atoms with Gasteiger partial charge in [0.15, 0.2) is 0 Å². The van der Waals surface area contributed by atoms with Gasteiger partial charge in [0.1, 0.15) is 5.82 Å². The van der Waals surface area contributed by atoms with Crippen molar-refractivity contribution in [2.24, 2.45) is 7.05 Å². The minimum atomic E-state index is -0.680. The van der Waals surface area contributed by atoms with Crippen LogP contribution in [0.3, 0.4) is 0 Å². The van der Waals surface area contributed by atoms with Gasteiger partial charge in [0.05, 0.1) is 17.8 Å². The third-order valence-electron chi connectivity index (χ3n) is 3.22. The zero-order valence-electron chi connectivity index (χ0n) is 10.2. The largest absolute Gasteiger partial charge is 0.389 e. The van der Waals surface area contributed by atoms with E-state index in [0.717, 1.165) is 5.82 Å². The minimum Gasteiger partial charge on any atom is -0.389 e. The number of ether oxygens (including phenoxy) is 1. The summed E-state index contributed by atoms with van der Waals surface area (Å²) in [6.45, 7) is 4.67. The summed E-state index contributed by atoms with van der Waals surface area (Å²) in [5.74, 6) is 0.931. The van der Waals surface area contributed by atoms with Crippen molar-refractivity contribution < 1.29 is 9.84 Å². The van der Waals surface area contributed by atoms with Crippen LogP contribution in [0.2, 0.25) is 0 Å². The number of nitrogens with zero attached hydrogens (tertiary/aromatic N) is 2. The van der Waals surface area contributed by atoms with Crippen molar-refractivity contribution in [1.29, 1.82) is 0 Å². The maximum absolute atomic E-state index is 10.6. The van der Waals surface area contributed by atoms with Gasteiger partial charge in [0.2, 0.25) is 0 Å². The van der Waals surface area contributed by atoms with Crippen LogP contribution in [-0.4, -0.2) is 32.5 Å². The van der Waals surface area contributed by atoms with Crippen molar-refractivity contribution in [3.8, 4) is 0 Å². The highest BCUT2D eigenvalue weighted by Gasteiger charge is 2.40. The van der Waals surface area contributed by atoms with E-state index in [1.807, 2.05) is 31.7 Å². The van der Waals surface area contributed by atoms with Gasteiger partial charge in [-0.25, -0.2) is 4.98 Å². The van der Waals surface area contributed by atoms with E-state index in [4.69, 9.17) is 4.74 Å². The highest BCUT2D eigenvalue weighted by Crippen LogP contribution is 2.33. The predicted molar refractivity (Wildman–Crippen MR) is 61.1 cm³/mol. The number of imidazole rings is 1. The lowest BCUT2D eigenvalue weighted by molar-refractivity contribution is -0.144. The second-order valence-corrected chi connectivity index (χ2v) is 5.39. The Hall–Kier alpha value is -0.870. The van der Waals surface area contributed by atoms with E-state index >= 15 is 0 Å². The lowest BCUT2D eigenvalue weighted by Crippen LogP contribution is -2.47. The Kier molecular flexibility index (Phi) is 2.80. The summed E-state index contributed by atoms with van der Waals surface area (Å²) in [5.41, 5.74) is -0.918. The molecule has 0 radical (unpaired) electrons. The van der Waals surface area contributed by atoms with Gasteiger partial charge in [-0.15, -0.1) is 0 Å². The monoisotopic (exact) mass is 224 g/mol. The molecule has 4 nitrogen and oxygen atoms in total. The molecule has 16 heavy (non-hydrogen) atoms. The molecule has 0 saturated carbocycles. The van der Waals surface area contributed by atoms with Gasteiger partial charge in [-0.2, -0.15) is 0 Å². The van der Waals surface area contributed by atoms with E-state index in [0.29, 0.717) is 25.9 Å². The van der Waals surface area contributed by atoms with Gasteiger partial charge in [-0.3, -0.25) is 0 Å². The molecular weight excluding hydrogens is 204 g/mol. The van der Waals surface area contributed by atoms with Gasteiger partial charge < -0.3 is 14.4 Å². The Bertz CT molecular complexity index is 373. The van der Waals surface area contributed by atoms with Gasteiger partial charge in [-0.05, 0) is 13.8 Å². The van der Waals surface area contributed by atoms with E-state index < -0.39 is 5.60 Å². The average molecular weight is 224 g/mol. The van der Waals surface area contributed by atoms with Crippen molar-refractivity contribution in [2.45, 2.75) is 44.3 Å². The molecule has 0 aromatic carbocycles. The van der Waals surface area contributed by atoms with Crippen LogP contribution in [0.15, 0.2) is 12.4 Å². The van der Waals surface area contributed by atoms with Gasteiger partial charge in [-0.1, -0.05) is 0 Å². The summed E-state index contributed by atoms with van der Waals surface area (Å²) in [7, 11) is 1.95. The smallest absolute Gasteiger partial charge is 0.111 e. The number of rotatable bonds is 2. The fraction of sp³-hybridized carbons (Fsp3) is 0.750. The van der Waals surface area contributed by atoms with E-state index in [9.17, 15) is 5.11 Å². The van der Waals surface area contributed by atoms with Crippen molar-refractivity contribution >= 4 is 0 Å². The fourth-order valence-corrected chi connectivity index (χ4v) is 2.46. The Balaban J connectivity index is 2.11. The van der Waals surface area contributed by atoms with Crippen LogP contribution in [-0.2, 0) is 18.2 Å². The van der Waals surface area contributed by atoms with Crippen molar-refractivity contribution in [1.82, 2.24) is 9.55 Å². The quantitative estimate of drug-likeness (QED) is 0.823. The lowest BCUT2D eigenvalue weighted by atomic mass is 9.82. The van der Waals surface area contributed by atoms with E-state index in [1.165, 1.54) is 0 Å². The maximum Gasteiger partial charge on any atom is 0.111 e. The molecule has 1 fully saturated rings. The first-order valence-corrected chi connectivity index (χ1v) is 5.73. The molecule has 0 spiro atoms. The summed E-state index contributed by atoms with van der Waals surface area (Å²) in [6, 6.07) is 0. The molecule has 2 rings (SSSR count). The first-order chi connectivity index (χ1) is 7.40. The highest BCUT2D eigenvalue weighted by molar-refractivity contribution is 5.01. The molecule has 1 aromatic heterocycles. The number of aromatic nitrogens is 2. The molecule has 1 aliphatic heterocycles. The molecule has 1 aliphatic rings. The molecule has 1 saturated heterocycles. The standard InChI is InChI=1S/C12H20N2O2/c1-11(2)9-12(15,4-7-16-11)8-10-13-5-6-14(10)3/h5-6,15H,4,7-9H2,1-3H3. The van der Waals surface area contributed by atoms with Crippen LogP contribution in [0.25, 0.3) is 0 Å². The molecule has 1 unspecified atom stereocenters. The van der Waals surface area contributed by atoms with E-state index in [2.05, 4.69) is 4.98 Å². The third-order valence-corrected chi connectivity index (χ3v) is 3.22. The highest BCUT2D eigenvalue weighted by atomic mass is 16.5. The number of hydrogen-bond acceptors (Lipinski definition) is 3. The first kappa shape index (κ1) is 11.6. The Morgan fingerprint density at radius 3 is 2.88 bits per heavy atom. The number of aryl methyl sites for hydroxylation is 1. The van der Waals surface area contributed by atoms with Crippen LogP contribution in [0, 0.1) is 0 Å². The van der Waals surface area contributed by atoms with Crippen molar-refractivity contribution in [2.75, 3.05) is 6.61 Å². The maximum atomic E-state index is 10.6. The second-order valence-electron chi connectivity index (χ2n) is 5.39. The van der Waals surface area contributed by atoms with Crippen LogP contribution in [0.1, 0.15) is 32.5 Å². The normalized spacial score (nSPS) is 29.2. The number of aliphatic hydroxyl groups is 1. The summed E-state index contributed by atoms with van der Waals surface area (Å²) in [5, 5.41) is 10.6. The first-order valence-electron chi connectivity index (χ1n) is 5.73. The van der Waals surface area contributed by atoms with Crippen LogP contribution >= 0.6 is 0 Å². The second kappa shape index (κ2) is 3.86. The zero-order chi connectivity index (χ0) is 11.8. The molecule has 0 aliphatic carbocycles. The van der Waals surface area contributed by atoms with Crippen LogP contribution < -0.4 is 0 Å². The molecule has 0 bridgehead atoms. The summed E-state index contributed by atoms with van der Waals surface area (Å²) >= 11 is 0. The number of hydrogen-bond donors (Lipinski definition) is 1.